The Bertz CT molecular complexity index is 2140. The number of hydrogen-bond donors (Lipinski definition) is 1. The van der Waals surface area contributed by atoms with Gasteiger partial charge < -0.3 is 18.8 Å². The van der Waals surface area contributed by atoms with Crippen LogP contribution in [-0.2, 0) is 16.3 Å². The molecule has 0 radical (unpaired) electrons. The van der Waals surface area contributed by atoms with Gasteiger partial charge in [-0.3, -0.25) is 9.59 Å². The zero-order valence-corrected chi connectivity index (χ0v) is 28.5. The average Bonchev–Trinajstić information content (AvgIpc) is 3.02. The molecule has 1 atom stereocenters. The maximum atomic E-state index is 14.1. The third-order valence-corrected chi connectivity index (χ3v) is 9.72. The van der Waals surface area contributed by atoms with Gasteiger partial charge in [-0.15, -0.1) is 0 Å². The summed E-state index contributed by atoms with van der Waals surface area (Å²) in [6.45, 7) is 8.42. The number of hydrogen-bond acceptors (Lipinski definition) is 9. The van der Waals surface area contributed by atoms with Crippen LogP contribution in [-0.4, -0.2) is 38.3 Å². The van der Waals surface area contributed by atoms with E-state index in [-0.39, 0.29) is 61.8 Å². The number of nitrogens with zero attached hydrogens (tertiary/aromatic N) is 2. The molecule has 17 heteroatoms. The van der Waals surface area contributed by atoms with E-state index >= 15 is 0 Å². The van der Waals surface area contributed by atoms with E-state index in [4.69, 9.17) is 16.0 Å². The Morgan fingerprint density at radius 1 is 1.06 bits per heavy atom. The number of benzene rings is 2. The lowest BCUT2D eigenvalue weighted by Gasteiger charge is -2.37. The summed E-state index contributed by atoms with van der Waals surface area (Å²) in [5.74, 6) is -0.642. The van der Waals surface area contributed by atoms with Crippen LogP contribution in [0.3, 0.4) is 0 Å². The van der Waals surface area contributed by atoms with Crippen molar-refractivity contribution in [2.24, 2.45) is 5.41 Å². The van der Waals surface area contributed by atoms with Crippen LogP contribution in [0.15, 0.2) is 51.7 Å². The molecule has 5 rings (SSSR count). The van der Waals surface area contributed by atoms with Crippen LogP contribution in [0.5, 0.6) is 5.75 Å². The first-order chi connectivity index (χ1) is 23.1. The summed E-state index contributed by atoms with van der Waals surface area (Å²) in [6.07, 6.45) is -3.14. The van der Waals surface area contributed by atoms with Crippen LogP contribution >= 0.6 is 11.6 Å². The fraction of sp³-hybridized carbons (Fsp3) is 0.364. The number of rotatable bonds is 8. The van der Waals surface area contributed by atoms with Crippen molar-refractivity contribution in [1.29, 1.82) is 0 Å². The van der Waals surface area contributed by atoms with Gasteiger partial charge in [-0.1, -0.05) is 25.4 Å². The average molecular weight is 746 g/mol. The smallest absolute Gasteiger partial charge is 0.440 e. The predicted molar refractivity (Wildman–Crippen MR) is 175 cm³/mol. The number of pyridine rings is 1. The molecule has 0 amide bonds. The van der Waals surface area contributed by atoms with Gasteiger partial charge in [-0.25, -0.2) is 4.98 Å². The largest absolute Gasteiger partial charge is 0.534 e. The van der Waals surface area contributed by atoms with Crippen molar-refractivity contribution in [3.05, 3.63) is 80.1 Å². The zero-order valence-electron chi connectivity index (χ0n) is 26.9. The van der Waals surface area contributed by atoms with Crippen molar-refractivity contribution < 1.29 is 48.2 Å². The summed E-state index contributed by atoms with van der Waals surface area (Å²) in [5, 5.41) is 2.72. The van der Waals surface area contributed by atoms with Gasteiger partial charge >= 0.3 is 21.8 Å². The number of carbonyl (C=O) groups excluding carboxylic acids is 1. The molecular formula is C33H30ClF6N3O6S. The van der Waals surface area contributed by atoms with E-state index in [2.05, 4.69) is 28.3 Å². The van der Waals surface area contributed by atoms with Crippen LogP contribution < -0.4 is 19.8 Å². The number of anilines is 2. The molecule has 50 heavy (non-hydrogen) atoms. The minimum absolute atomic E-state index is 0.00266. The maximum absolute atomic E-state index is 14.1. The first kappa shape index (κ1) is 37.0. The molecule has 3 heterocycles. The van der Waals surface area contributed by atoms with Crippen molar-refractivity contribution in [2.45, 2.75) is 58.3 Å². The minimum Gasteiger partial charge on any atom is -0.440 e. The van der Waals surface area contributed by atoms with Crippen LogP contribution in [0.1, 0.15) is 66.7 Å². The van der Waals surface area contributed by atoms with Gasteiger partial charge in [-0.05, 0) is 74.6 Å². The highest BCUT2D eigenvalue weighted by Crippen LogP contribution is 2.40. The van der Waals surface area contributed by atoms with Gasteiger partial charge in [0.15, 0.2) is 17.5 Å². The number of halogens is 7. The number of nitrogens with one attached hydrogen (secondary N) is 1. The van der Waals surface area contributed by atoms with Crippen LogP contribution in [0.25, 0.3) is 22.2 Å². The Morgan fingerprint density at radius 3 is 2.32 bits per heavy atom. The number of aromatic nitrogens is 1. The number of aldehydes is 1. The fourth-order valence-corrected chi connectivity index (χ4v) is 6.25. The standard InChI is InChI=1S/C33H30ClF6N3O6S/c1-17-28(45)23-15-21(32(35,36)37)14-22(29(23)48-30(17)43-11-9-31(3,4)10-12-43)18(2)41-24-6-8-26(34)42-27(24)19-5-7-25(20(13-19)16-44)49-50(46,47)33(38,39)40/h5-8,13-16,18,41H,9-12H2,1-4H3. The highest BCUT2D eigenvalue weighted by atomic mass is 35.5. The van der Waals surface area contributed by atoms with Crippen molar-refractivity contribution >= 4 is 50.5 Å². The van der Waals surface area contributed by atoms with E-state index in [0.717, 1.165) is 43.2 Å². The lowest BCUT2D eigenvalue weighted by molar-refractivity contribution is -0.137. The molecule has 4 aromatic rings. The minimum atomic E-state index is -6.10. The summed E-state index contributed by atoms with van der Waals surface area (Å²) in [6, 6.07) is 6.38. The second-order valence-corrected chi connectivity index (χ2v) is 14.6. The number of fused-ring (bicyclic) bond motifs is 1. The normalized spacial score (nSPS) is 15.9. The van der Waals surface area contributed by atoms with Crippen LogP contribution in [0, 0.1) is 12.3 Å². The van der Waals surface area contributed by atoms with E-state index in [1.54, 1.807) is 0 Å². The zero-order chi connectivity index (χ0) is 37.0. The Hall–Kier alpha value is -4.31. The van der Waals surface area contributed by atoms with E-state index in [9.17, 15) is 44.3 Å². The third kappa shape index (κ3) is 7.41. The third-order valence-electron chi connectivity index (χ3n) is 8.55. The monoisotopic (exact) mass is 745 g/mol. The molecule has 2 aromatic carbocycles. The SMILES string of the molecule is Cc1c(N2CCC(C)(C)CC2)oc2c(C(C)Nc3ccc(Cl)nc3-c3ccc(OS(=O)(=O)C(F)(F)F)c(C=O)c3)cc(C(F)(F)F)cc2c1=O. The molecule has 1 aliphatic heterocycles. The molecule has 1 aliphatic rings. The Morgan fingerprint density at radius 2 is 1.72 bits per heavy atom. The highest BCUT2D eigenvalue weighted by molar-refractivity contribution is 7.88. The van der Waals surface area contributed by atoms with Crippen LogP contribution in [0.2, 0.25) is 5.15 Å². The van der Waals surface area contributed by atoms with Gasteiger partial charge in [0.05, 0.1) is 39.5 Å². The molecule has 0 bridgehead atoms. The van der Waals surface area contributed by atoms with Gasteiger partial charge in [-0.2, -0.15) is 34.8 Å². The molecular weight excluding hydrogens is 716 g/mol. The van der Waals surface area contributed by atoms with E-state index in [0.29, 0.717) is 13.1 Å². The molecule has 2 aromatic heterocycles. The molecule has 0 saturated carbocycles. The first-order valence-electron chi connectivity index (χ1n) is 15.1. The van der Waals surface area contributed by atoms with E-state index < -0.39 is 50.1 Å². The Labute approximate surface area is 287 Å². The molecule has 0 aliphatic carbocycles. The summed E-state index contributed by atoms with van der Waals surface area (Å²) in [5.41, 5.74) is -7.66. The Balaban J connectivity index is 1.60. The molecule has 1 N–H and O–H groups in total. The second kappa shape index (κ2) is 13.1. The summed E-state index contributed by atoms with van der Waals surface area (Å²) < 4.78 is 115. The molecule has 9 nitrogen and oxygen atoms in total. The van der Waals surface area contributed by atoms with E-state index in [1.807, 2.05) is 4.90 Å². The van der Waals surface area contributed by atoms with E-state index in [1.165, 1.54) is 26.0 Å². The van der Waals surface area contributed by atoms with Crippen molar-refractivity contribution in [3.63, 3.8) is 0 Å². The Kier molecular flexibility index (Phi) is 9.68. The lowest BCUT2D eigenvalue weighted by Crippen LogP contribution is -2.38. The predicted octanol–water partition coefficient (Wildman–Crippen LogP) is 8.68. The quantitative estimate of drug-likeness (QED) is 0.0621. The molecule has 0 spiro atoms. The second-order valence-electron chi connectivity index (χ2n) is 12.7. The molecule has 1 saturated heterocycles. The van der Waals surface area contributed by atoms with Crippen LogP contribution in [0.4, 0.5) is 37.9 Å². The van der Waals surface area contributed by atoms with Gasteiger partial charge in [0.1, 0.15) is 10.7 Å². The van der Waals surface area contributed by atoms with Gasteiger partial charge in [0.25, 0.3) is 0 Å². The fourth-order valence-electron chi connectivity index (χ4n) is 5.62. The number of piperidine rings is 1. The summed E-state index contributed by atoms with van der Waals surface area (Å²) in [4.78, 5) is 31.5. The topological polar surface area (TPSA) is 119 Å². The van der Waals surface area contributed by atoms with Crippen molar-refractivity contribution in [2.75, 3.05) is 23.3 Å². The molecule has 1 fully saturated rings. The van der Waals surface area contributed by atoms with Gasteiger partial charge in [0.2, 0.25) is 5.88 Å². The van der Waals surface area contributed by atoms with Crippen molar-refractivity contribution in [3.8, 4) is 17.0 Å². The van der Waals surface area contributed by atoms with Crippen molar-refractivity contribution in [1.82, 2.24) is 4.98 Å². The number of alkyl halides is 6. The van der Waals surface area contributed by atoms with Gasteiger partial charge in [0, 0.05) is 24.2 Å². The first-order valence-corrected chi connectivity index (χ1v) is 16.9. The number of carbonyl (C=O) groups is 1. The summed E-state index contributed by atoms with van der Waals surface area (Å²) >= 11 is 6.14. The lowest BCUT2D eigenvalue weighted by atomic mass is 9.82. The summed E-state index contributed by atoms with van der Waals surface area (Å²) in [7, 11) is -6.10. The molecule has 268 valence electrons. The highest BCUT2D eigenvalue weighted by Gasteiger charge is 2.49. The maximum Gasteiger partial charge on any atom is 0.534 e. The molecule has 1 unspecified atom stereocenters.